The van der Waals surface area contributed by atoms with Crippen LogP contribution in [0.3, 0.4) is 0 Å². The van der Waals surface area contributed by atoms with Crippen LogP contribution < -0.4 is 5.32 Å². The van der Waals surface area contributed by atoms with E-state index in [0.29, 0.717) is 29.5 Å². The average Bonchev–Trinajstić information content (AvgIpc) is 2.92. The summed E-state index contributed by atoms with van der Waals surface area (Å²) < 4.78 is 43.1. The summed E-state index contributed by atoms with van der Waals surface area (Å²) in [6.07, 6.45) is -2.75. The van der Waals surface area contributed by atoms with Crippen molar-refractivity contribution in [1.82, 2.24) is 5.32 Å². The van der Waals surface area contributed by atoms with Crippen LogP contribution in [0.2, 0.25) is 0 Å². The van der Waals surface area contributed by atoms with E-state index in [0.717, 1.165) is 12.1 Å². The molecule has 19 heavy (non-hydrogen) atoms. The molecular formula is C13H10F3NO2. The third kappa shape index (κ3) is 2.07. The van der Waals surface area contributed by atoms with Crippen molar-refractivity contribution in [2.24, 2.45) is 0 Å². The molecule has 3 rings (SSSR count). The Hall–Kier alpha value is -1.98. The zero-order valence-corrected chi connectivity index (χ0v) is 9.75. The highest BCUT2D eigenvalue weighted by Crippen LogP contribution is 2.36. The van der Waals surface area contributed by atoms with Crippen molar-refractivity contribution in [3.05, 3.63) is 35.8 Å². The summed E-state index contributed by atoms with van der Waals surface area (Å²) in [5.41, 5.74) is -0.701. The van der Waals surface area contributed by atoms with Gasteiger partial charge in [0.1, 0.15) is 5.76 Å². The molecule has 1 fully saturated rings. The molecule has 1 saturated heterocycles. The lowest BCUT2D eigenvalue weighted by Gasteiger charge is -2.07. The molecule has 3 nitrogen and oxygen atoms in total. The molecule has 1 N–H and O–H groups in total. The van der Waals surface area contributed by atoms with Gasteiger partial charge in [-0.2, -0.15) is 13.2 Å². The minimum absolute atomic E-state index is 0.0681. The summed E-state index contributed by atoms with van der Waals surface area (Å²) in [7, 11) is 0. The number of rotatable bonds is 1. The number of alkyl halides is 3. The molecule has 1 atom stereocenters. The topological polar surface area (TPSA) is 42.2 Å². The molecule has 1 aliphatic heterocycles. The number of furan rings is 1. The second-order valence-corrected chi connectivity index (χ2v) is 4.60. The van der Waals surface area contributed by atoms with Crippen LogP contribution in [0.5, 0.6) is 0 Å². The lowest BCUT2D eigenvalue weighted by atomic mass is 10.0. The van der Waals surface area contributed by atoms with Crippen molar-refractivity contribution in [3.8, 4) is 0 Å². The van der Waals surface area contributed by atoms with Gasteiger partial charge >= 0.3 is 6.18 Å². The van der Waals surface area contributed by atoms with E-state index in [4.69, 9.17) is 4.42 Å². The molecule has 100 valence electrons. The van der Waals surface area contributed by atoms with Gasteiger partial charge in [-0.15, -0.1) is 0 Å². The van der Waals surface area contributed by atoms with Gasteiger partial charge in [0, 0.05) is 29.7 Å². The number of halogens is 3. The third-order valence-electron chi connectivity index (χ3n) is 3.31. The van der Waals surface area contributed by atoms with Gasteiger partial charge in [0.2, 0.25) is 5.91 Å². The smallest absolute Gasteiger partial charge is 0.416 e. The normalized spacial score (nSPS) is 19.9. The van der Waals surface area contributed by atoms with E-state index in [9.17, 15) is 18.0 Å². The van der Waals surface area contributed by atoms with Crippen LogP contribution in [0.1, 0.15) is 23.7 Å². The molecule has 0 radical (unpaired) electrons. The van der Waals surface area contributed by atoms with Crippen LogP contribution in [0.25, 0.3) is 10.8 Å². The fourth-order valence-corrected chi connectivity index (χ4v) is 2.36. The number of hydrogen-bond acceptors (Lipinski definition) is 2. The van der Waals surface area contributed by atoms with Crippen molar-refractivity contribution in [1.29, 1.82) is 0 Å². The number of carbonyl (C=O) groups is 1. The second kappa shape index (κ2) is 4.01. The molecule has 2 heterocycles. The van der Waals surface area contributed by atoms with Crippen LogP contribution in [0.4, 0.5) is 13.2 Å². The minimum Gasteiger partial charge on any atom is -0.468 e. The van der Waals surface area contributed by atoms with E-state index >= 15 is 0 Å². The second-order valence-electron chi connectivity index (χ2n) is 4.60. The maximum atomic E-state index is 12.6. The molecule has 1 aromatic carbocycles. The largest absolute Gasteiger partial charge is 0.468 e. The van der Waals surface area contributed by atoms with Crippen LogP contribution in [0.15, 0.2) is 28.9 Å². The first-order chi connectivity index (χ1) is 8.95. The van der Waals surface area contributed by atoms with Gasteiger partial charge < -0.3 is 9.73 Å². The lowest BCUT2D eigenvalue weighted by Crippen LogP contribution is -2.13. The van der Waals surface area contributed by atoms with Gasteiger partial charge in [-0.05, 0) is 12.1 Å². The number of nitrogens with one attached hydrogen (secondary N) is 1. The maximum absolute atomic E-state index is 12.6. The summed E-state index contributed by atoms with van der Waals surface area (Å²) >= 11 is 0. The number of benzene rings is 1. The molecule has 0 aliphatic carbocycles. The molecule has 0 saturated carbocycles. The van der Waals surface area contributed by atoms with Crippen LogP contribution in [0, 0.1) is 0 Å². The van der Waals surface area contributed by atoms with Gasteiger partial charge in [0.15, 0.2) is 0 Å². The number of amides is 1. The van der Waals surface area contributed by atoms with Gasteiger partial charge in [-0.3, -0.25) is 4.79 Å². The van der Waals surface area contributed by atoms with E-state index in [-0.39, 0.29) is 11.8 Å². The zero-order valence-electron chi connectivity index (χ0n) is 9.75. The SMILES string of the molecule is O=C1CC(c2occ3cc(C(F)(F)F)ccc23)CN1. The fourth-order valence-electron chi connectivity index (χ4n) is 2.36. The van der Waals surface area contributed by atoms with Crippen molar-refractivity contribution in [3.63, 3.8) is 0 Å². The summed E-state index contributed by atoms with van der Waals surface area (Å²) in [6.45, 7) is 0.461. The number of fused-ring (bicyclic) bond motifs is 1. The molecule has 1 amide bonds. The van der Waals surface area contributed by atoms with Gasteiger partial charge in [0.25, 0.3) is 0 Å². The van der Waals surface area contributed by atoms with Gasteiger partial charge in [-0.1, -0.05) is 6.07 Å². The lowest BCUT2D eigenvalue weighted by molar-refractivity contribution is -0.137. The molecule has 6 heteroatoms. The Labute approximate surface area is 106 Å². The van der Waals surface area contributed by atoms with E-state index in [1.807, 2.05) is 0 Å². The minimum atomic E-state index is -4.36. The van der Waals surface area contributed by atoms with Crippen LogP contribution in [-0.4, -0.2) is 12.5 Å². The Balaban J connectivity index is 2.03. The molecule has 1 aromatic heterocycles. The predicted molar refractivity (Wildman–Crippen MR) is 61.6 cm³/mol. The molecule has 1 unspecified atom stereocenters. The highest BCUT2D eigenvalue weighted by Gasteiger charge is 2.32. The Morgan fingerprint density at radius 3 is 2.74 bits per heavy atom. The summed E-state index contributed by atoms with van der Waals surface area (Å²) in [6, 6.07) is 3.50. The summed E-state index contributed by atoms with van der Waals surface area (Å²) in [5.74, 6) is 0.394. The van der Waals surface area contributed by atoms with Crippen LogP contribution >= 0.6 is 0 Å². The zero-order chi connectivity index (χ0) is 13.6. The van der Waals surface area contributed by atoms with Gasteiger partial charge in [-0.25, -0.2) is 0 Å². The number of carbonyl (C=O) groups excluding carboxylic acids is 1. The quantitative estimate of drug-likeness (QED) is 0.864. The first-order valence-electron chi connectivity index (χ1n) is 5.80. The Kier molecular flexibility index (Phi) is 2.55. The maximum Gasteiger partial charge on any atom is 0.416 e. The average molecular weight is 269 g/mol. The number of hydrogen-bond donors (Lipinski definition) is 1. The highest BCUT2D eigenvalue weighted by molar-refractivity contribution is 5.87. The monoisotopic (exact) mass is 269 g/mol. The fraction of sp³-hybridized carbons (Fsp3) is 0.308. The summed E-state index contributed by atoms with van der Waals surface area (Å²) in [4.78, 5) is 11.2. The molecular weight excluding hydrogens is 259 g/mol. The first-order valence-corrected chi connectivity index (χ1v) is 5.80. The third-order valence-corrected chi connectivity index (χ3v) is 3.31. The highest BCUT2D eigenvalue weighted by atomic mass is 19.4. The van der Waals surface area contributed by atoms with Crippen molar-refractivity contribution in [2.75, 3.05) is 6.54 Å². The first kappa shape index (κ1) is 12.1. The summed E-state index contributed by atoms with van der Waals surface area (Å²) in [5, 5.41) is 3.72. The Bertz CT molecular complexity index is 645. The Morgan fingerprint density at radius 1 is 1.32 bits per heavy atom. The predicted octanol–water partition coefficient (Wildman–Crippen LogP) is 3.06. The molecule has 0 spiro atoms. The van der Waals surface area contributed by atoms with Crippen molar-refractivity contribution in [2.45, 2.75) is 18.5 Å². The molecule has 0 bridgehead atoms. The van der Waals surface area contributed by atoms with Crippen molar-refractivity contribution >= 4 is 16.7 Å². The van der Waals surface area contributed by atoms with Crippen LogP contribution in [-0.2, 0) is 11.0 Å². The van der Waals surface area contributed by atoms with E-state index in [2.05, 4.69) is 5.32 Å². The Morgan fingerprint density at radius 2 is 2.11 bits per heavy atom. The molecule has 1 aliphatic rings. The van der Waals surface area contributed by atoms with E-state index in [1.165, 1.54) is 12.3 Å². The standard InChI is InChI=1S/C13H10F3NO2/c14-13(15,16)9-1-2-10-8(3-9)6-19-12(10)7-4-11(18)17-5-7/h1-3,6-7H,4-5H2,(H,17,18). The van der Waals surface area contributed by atoms with Crippen molar-refractivity contribution < 1.29 is 22.4 Å². The van der Waals surface area contributed by atoms with E-state index in [1.54, 1.807) is 0 Å². The van der Waals surface area contributed by atoms with E-state index < -0.39 is 11.7 Å². The molecule has 2 aromatic rings. The van der Waals surface area contributed by atoms with Gasteiger partial charge in [0.05, 0.1) is 11.8 Å².